The van der Waals surface area contributed by atoms with Crippen LogP contribution in [0.25, 0.3) is 78.0 Å². The van der Waals surface area contributed by atoms with E-state index in [2.05, 4.69) is 121 Å². The third-order valence-electron chi connectivity index (χ3n) is 9.46. The van der Waals surface area contributed by atoms with Crippen molar-refractivity contribution in [2.24, 2.45) is 0 Å². The Morgan fingerprint density at radius 1 is 0.167 bits per heavy atom. The zero-order valence-electron chi connectivity index (χ0n) is 28.5. The summed E-state index contributed by atoms with van der Waals surface area (Å²) in [5.74, 6) is 0. The van der Waals surface area contributed by atoms with E-state index in [1.807, 2.05) is 113 Å². The summed E-state index contributed by atoms with van der Waals surface area (Å²) in [6.07, 6.45) is 4.33. The molecule has 0 saturated carbocycles. The zero-order chi connectivity index (χ0) is 35.6. The van der Waals surface area contributed by atoms with Crippen molar-refractivity contribution in [3.63, 3.8) is 0 Å². The quantitative estimate of drug-likeness (QED) is 0.142. The van der Waals surface area contributed by atoms with E-state index < -0.39 is 0 Å². The first-order valence-electron chi connectivity index (χ1n) is 17.6. The van der Waals surface area contributed by atoms with Gasteiger partial charge in [0.1, 0.15) is 0 Å². The SMILES string of the molecule is c1cc2sc1CCc1ccc(s1)-c1ccc(s1)-c1ccc(s1)-c1ccc(s1)-c1ccc(s1)CCc1ccc(s1)-c1ccc(s1)-c1ccc(s1)-c1ccc-2s1. The van der Waals surface area contributed by atoms with Crippen LogP contribution in [-0.2, 0) is 25.7 Å². The minimum Gasteiger partial charge on any atom is -0.139 e. The number of hydrogen-bond donors (Lipinski definition) is 0. The first kappa shape index (κ1) is 34.3. The third kappa shape index (κ3) is 6.78. The van der Waals surface area contributed by atoms with Crippen LogP contribution in [0.3, 0.4) is 0 Å². The van der Waals surface area contributed by atoms with Gasteiger partial charge in [-0.15, -0.1) is 113 Å². The molecule has 11 rings (SSSR count). The van der Waals surface area contributed by atoms with Gasteiger partial charge in [0.05, 0.1) is 0 Å². The Labute approximate surface area is 354 Å². The van der Waals surface area contributed by atoms with Gasteiger partial charge in [-0.3, -0.25) is 0 Å². The Bertz CT molecular complexity index is 2480. The molecule has 1 aliphatic rings. The average Bonchev–Trinajstić information content (AvgIpc) is 4.03. The molecule has 0 nitrogen and oxygen atoms in total. The molecule has 0 unspecified atom stereocenters. The third-order valence-corrected chi connectivity index (χ3v) is 22.1. The number of fused-ring (bicyclic) bond motifs is 28. The molecule has 0 spiro atoms. The number of rotatable bonds is 0. The van der Waals surface area contributed by atoms with E-state index in [-0.39, 0.29) is 0 Å². The van der Waals surface area contributed by atoms with Crippen LogP contribution in [0.2, 0.25) is 0 Å². The van der Waals surface area contributed by atoms with Gasteiger partial charge in [0.25, 0.3) is 0 Å². The van der Waals surface area contributed by atoms with E-state index in [1.165, 1.54) is 97.5 Å². The Morgan fingerprint density at radius 2 is 0.296 bits per heavy atom. The molecule has 0 atom stereocenters. The molecule has 0 saturated heterocycles. The second kappa shape index (κ2) is 14.5. The first-order valence-corrected chi connectivity index (χ1v) is 25.8. The van der Waals surface area contributed by atoms with Gasteiger partial charge < -0.3 is 0 Å². The van der Waals surface area contributed by atoms with E-state index in [1.54, 1.807) is 0 Å². The van der Waals surface area contributed by atoms with Gasteiger partial charge in [-0.05, 0) is 147 Å². The number of hydrogen-bond acceptors (Lipinski definition) is 10. The van der Waals surface area contributed by atoms with Gasteiger partial charge >= 0.3 is 0 Å². The summed E-state index contributed by atoms with van der Waals surface area (Å²) in [6, 6.07) is 46.4. The predicted octanol–water partition coefficient (Wildman–Crippen LogP) is 17.5. The number of thiophene rings is 10. The van der Waals surface area contributed by atoms with E-state index >= 15 is 0 Å². The molecule has 0 radical (unpaired) electrons. The molecule has 20 bridgehead atoms. The molecule has 0 amide bonds. The maximum Gasteiger partial charge on any atom is 0.0449 e. The van der Waals surface area contributed by atoms with E-state index in [4.69, 9.17) is 0 Å². The fourth-order valence-corrected chi connectivity index (χ4v) is 17.5. The van der Waals surface area contributed by atoms with Crippen LogP contribution in [0.15, 0.2) is 121 Å². The highest BCUT2D eigenvalue weighted by Gasteiger charge is 2.16. The fraction of sp³-hybridized carbons (Fsp3) is 0.0909. The van der Waals surface area contributed by atoms with Crippen LogP contribution < -0.4 is 0 Å². The van der Waals surface area contributed by atoms with Crippen LogP contribution in [0, 0.1) is 0 Å². The highest BCUT2D eigenvalue weighted by molar-refractivity contribution is 7.31. The van der Waals surface area contributed by atoms with Crippen molar-refractivity contribution in [2.75, 3.05) is 0 Å². The van der Waals surface area contributed by atoms with Gasteiger partial charge in [0, 0.05) is 97.5 Å². The Balaban J connectivity index is 0.896. The smallest absolute Gasteiger partial charge is 0.0449 e. The van der Waals surface area contributed by atoms with Gasteiger partial charge in [-0.2, -0.15) is 0 Å². The molecule has 264 valence electrons. The molecular weight excluding hydrogens is 849 g/mol. The maximum atomic E-state index is 2.34. The van der Waals surface area contributed by atoms with E-state index in [9.17, 15) is 0 Å². The molecule has 11 heterocycles. The van der Waals surface area contributed by atoms with Crippen LogP contribution >= 0.6 is 113 Å². The van der Waals surface area contributed by atoms with Gasteiger partial charge in [-0.25, -0.2) is 0 Å². The van der Waals surface area contributed by atoms with Gasteiger partial charge in [-0.1, -0.05) is 0 Å². The van der Waals surface area contributed by atoms with Crippen molar-refractivity contribution in [3.05, 3.63) is 141 Å². The molecule has 0 N–H and O–H groups in total. The van der Waals surface area contributed by atoms with Crippen molar-refractivity contribution in [1.82, 2.24) is 0 Å². The lowest BCUT2D eigenvalue weighted by atomic mass is 10.2. The van der Waals surface area contributed by atoms with E-state index in [0.717, 1.165) is 25.7 Å². The maximum absolute atomic E-state index is 2.34. The summed E-state index contributed by atoms with van der Waals surface area (Å²) in [6.45, 7) is 0. The van der Waals surface area contributed by atoms with Crippen LogP contribution in [0.1, 0.15) is 19.5 Å². The normalized spacial score (nSPS) is 12.9. The van der Waals surface area contributed by atoms with Crippen LogP contribution in [0.4, 0.5) is 0 Å². The summed E-state index contributed by atoms with van der Waals surface area (Å²) >= 11 is 19.3. The molecule has 0 aliphatic carbocycles. The summed E-state index contributed by atoms with van der Waals surface area (Å²) in [4.78, 5) is 27.6. The van der Waals surface area contributed by atoms with Crippen molar-refractivity contribution in [3.8, 4) is 78.0 Å². The minimum absolute atomic E-state index is 1.08. The molecule has 10 aromatic heterocycles. The molecular formula is C44H28S10. The van der Waals surface area contributed by atoms with Gasteiger partial charge in [0.2, 0.25) is 0 Å². The van der Waals surface area contributed by atoms with E-state index in [0.29, 0.717) is 0 Å². The average molecular weight is 877 g/mol. The summed E-state index contributed by atoms with van der Waals surface area (Å²) in [7, 11) is 0. The largest absolute Gasteiger partial charge is 0.139 e. The molecule has 10 aromatic rings. The predicted molar refractivity (Wildman–Crippen MR) is 250 cm³/mol. The second-order valence-electron chi connectivity index (χ2n) is 13.0. The molecule has 1 aliphatic heterocycles. The van der Waals surface area contributed by atoms with Gasteiger partial charge in [0.15, 0.2) is 0 Å². The highest BCUT2D eigenvalue weighted by atomic mass is 32.1. The number of aryl methyl sites for hydroxylation is 4. The monoisotopic (exact) mass is 876 g/mol. The molecule has 0 fully saturated rings. The topological polar surface area (TPSA) is 0 Å². The fourth-order valence-electron chi connectivity index (χ4n) is 6.69. The van der Waals surface area contributed by atoms with Crippen LogP contribution in [0.5, 0.6) is 0 Å². The summed E-state index contributed by atoms with van der Waals surface area (Å²) in [5.41, 5.74) is 0. The minimum atomic E-state index is 1.08. The standard InChI is InChI=1S/C44H28S10/c1-2-26-6-10-30(46-26)34-14-18-38(50-34)42-23-24-44(54-42)40-20-16-36(52-40)32-12-8-28(48-32)4-3-27-7-11-31(47-27)35-15-19-39(51-35)43-22-21-41(53-43)37-17-13-33(49-37)29-9-5-25(1)45-29/h5-24H,1-4H2. The Kier molecular flexibility index (Phi) is 9.20. The second-order valence-corrected chi connectivity index (χ2v) is 24.2. The Morgan fingerprint density at radius 3 is 0.463 bits per heavy atom. The molecule has 0 aromatic carbocycles. The molecule has 54 heavy (non-hydrogen) atoms. The zero-order valence-corrected chi connectivity index (χ0v) is 36.6. The molecule has 10 heteroatoms. The van der Waals surface area contributed by atoms with Crippen LogP contribution in [-0.4, -0.2) is 0 Å². The summed E-state index contributed by atoms with van der Waals surface area (Å²) < 4.78 is 0. The first-order chi connectivity index (χ1) is 26.6. The van der Waals surface area contributed by atoms with Crippen molar-refractivity contribution >= 4 is 113 Å². The van der Waals surface area contributed by atoms with Crippen molar-refractivity contribution in [1.29, 1.82) is 0 Å². The lowest BCUT2D eigenvalue weighted by Crippen LogP contribution is -1.83. The van der Waals surface area contributed by atoms with Crippen molar-refractivity contribution in [2.45, 2.75) is 25.7 Å². The lowest BCUT2D eigenvalue weighted by molar-refractivity contribution is 1.00. The Hall–Kier alpha value is -3.00. The lowest BCUT2D eigenvalue weighted by Gasteiger charge is -1.96. The highest BCUT2D eigenvalue weighted by Crippen LogP contribution is 2.47. The van der Waals surface area contributed by atoms with Crippen molar-refractivity contribution < 1.29 is 0 Å². The summed E-state index contributed by atoms with van der Waals surface area (Å²) in [5, 5.41) is 0.